The van der Waals surface area contributed by atoms with Gasteiger partial charge >= 0.3 is 0 Å². The van der Waals surface area contributed by atoms with E-state index >= 15 is 0 Å². The lowest BCUT2D eigenvalue weighted by Gasteiger charge is -2.08. The van der Waals surface area contributed by atoms with Gasteiger partial charge in [-0.2, -0.15) is 0 Å². The van der Waals surface area contributed by atoms with E-state index in [9.17, 15) is 0 Å². The maximum atomic E-state index is 6.20. The molecule has 96 valence electrons. The van der Waals surface area contributed by atoms with E-state index < -0.39 is 0 Å². The highest BCUT2D eigenvalue weighted by Gasteiger charge is 2.16. The Labute approximate surface area is 116 Å². The summed E-state index contributed by atoms with van der Waals surface area (Å²) in [5.74, 6) is 0.668. The van der Waals surface area contributed by atoms with Crippen molar-refractivity contribution >= 4 is 22.6 Å². The average molecular weight is 273 g/mol. The van der Waals surface area contributed by atoms with Crippen LogP contribution < -0.4 is 5.73 Å². The lowest BCUT2D eigenvalue weighted by atomic mass is 10.1. The Hall–Kier alpha value is -1.84. The molecule has 3 rings (SSSR count). The second-order valence-corrected chi connectivity index (χ2v) is 4.95. The van der Waals surface area contributed by atoms with Gasteiger partial charge in [0.1, 0.15) is 11.8 Å². The number of benzene rings is 1. The highest BCUT2D eigenvalue weighted by atomic mass is 35.5. The van der Waals surface area contributed by atoms with E-state index in [1.165, 1.54) is 0 Å². The molecule has 0 saturated carbocycles. The van der Waals surface area contributed by atoms with E-state index in [2.05, 4.69) is 4.98 Å². The smallest absolute Gasteiger partial charge is 0.152 e. The second-order valence-electron chi connectivity index (χ2n) is 4.54. The van der Waals surface area contributed by atoms with E-state index in [-0.39, 0.29) is 6.04 Å². The number of nitrogens with zero attached hydrogens (tertiary/aromatic N) is 1. The molecular formula is C15H13ClN2O. The summed E-state index contributed by atoms with van der Waals surface area (Å²) in [6, 6.07) is 11.1. The zero-order chi connectivity index (χ0) is 13.4. The first-order chi connectivity index (χ1) is 9.15. The Bertz CT molecular complexity index is 736. The molecule has 0 saturated heterocycles. The number of aromatic nitrogens is 1. The summed E-state index contributed by atoms with van der Waals surface area (Å²) in [5, 5.41) is 1.54. The number of fused-ring (bicyclic) bond motifs is 1. The van der Waals surface area contributed by atoms with Crippen molar-refractivity contribution in [2.75, 3.05) is 0 Å². The van der Waals surface area contributed by atoms with E-state index in [1.807, 2.05) is 37.3 Å². The summed E-state index contributed by atoms with van der Waals surface area (Å²) in [5.41, 5.74) is 8.78. The summed E-state index contributed by atoms with van der Waals surface area (Å²) in [7, 11) is 0. The quantitative estimate of drug-likeness (QED) is 0.771. The molecule has 1 aromatic carbocycles. The standard InChI is InChI=1S/C15H13ClN2O/c1-9-5-6-18-12(7-9)14(17)13-8-10-3-2-4-11(16)15(10)19-13/h2-8,14H,17H2,1H3. The van der Waals surface area contributed by atoms with Crippen LogP contribution in [0.4, 0.5) is 0 Å². The van der Waals surface area contributed by atoms with Crippen LogP contribution in [-0.2, 0) is 0 Å². The number of hydrogen-bond acceptors (Lipinski definition) is 3. The fraction of sp³-hybridized carbons (Fsp3) is 0.133. The summed E-state index contributed by atoms with van der Waals surface area (Å²) in [6.45, 7) is 2.01. The maximum absolute atomic E-state index is 6.20. The molecule has 2 N–H and O–H groups in total. The predicted molar refractivity (Wildman–Crippen MR) is 76.2 cm³/mol. The van der Waals surface area contributed by atoms with Gasteiger partial charge in [-0.25, -0.2) is 0 Å². The van der Waals surface area contributed by atoms with Gasteiger partial charge in [-0.3, -0.25) is 4.98 Å². The van der Waals surface area contributed by atoms with E-state index in [4.69, 9.17) is 21.8 Å². The normalized spacial score (nSPS) is 12.8. The van der Waals surface area contributed by atoms with E-state index in [0.717, 1.165) is 16.6 Å². The summed E-state index contributed by atoms with van der Waals surface area (Å²) in [4.78, 5) is 4.29. The zero-order valence-electron chi connectivity index (χ0n) is 10.4. The predicted octanol–water partition coefficient (Wildman–Crippen LogP) is 3.84. The monoisotopic (exact) mass is 272 g/mol. The topological polar surface area (TPSA) is 52.0 Å². The van der Waals surface area contributed by atoms with E-state index in [1.54, 1.807) is 12.3 Å². The molecule has 19 heavy (non-hydrogen) atoms. The molecular weight excluding hydrogens is 260 g/mol. The largest absolute Gasteiger partial charge is 0.457 e. The number of hydrogen-bond donors (Lipinski definition) is 1. The third-order valence-electron chi connectivity index (χ3n) is 3.08. The molecule has 2 aromatic heterocycles. The van der Waals surface area contributed by atoms with Crippen LogP contribution in [0.25, 0.3) is 11.0 Å². The molecule has 2 heterocycles. The van der Waals surface area contributed by atoms with Gasteiger partial charge in [0.15, 0.2) is 5.58 Å². The third-order valence-corrected chi connectivity index (χ3v) is 3.37. The van der Waals surface area contributed by atoms with Gasteiger partial charge in [0, 0.05) is 11.6 Å². The molecule has 0 spiro atoms. The molecule has 0 aliphatic heterocycles. The van der Waals surface area contributed by atoms with Gasteiger partial charge in [-0.15, -0.1) is 0 Å². The van der Waals surface area contributed by atoms with Crippen LogP contribution in [-0.4, -0.2) is 4.98 Å². The molecule has 0 radical (unpaired) electrons. The molecule has 4 heteroatoms. The fourth-order valence-electron chi connectivity index (χ4n) is 2.08. The highest BCUT2D eigenvalue weighted by Crippen LogP contribution is 2.30. The van der Waals surface area contributed by atoms with Gasteiger partial charge in [-0.05, 0) is 36.8 Å². The van der Waals surface area contributed by atoms with Crippen molar-refractivity contribution in [1.29, 1.82) is 0 Å². The van der Waals surface area contributed by atoms with E-state index in [0.29, 0.717) is 16.4 Å². The van der Waals surface area contributed by atoms with Gasteiger partial charge in [0.25, 0.3) is 0 Å². The Morgan fingerprint density at radius 1 is 1.26 bits per heavy atom. The van der Waals surface area contributed by atoms with Gasteiger partial charge in [0.2, 0.25) is 0 Å². The third kappa shape index (κ3) is 2.23. The first kappa shape index (κ1) is 12.2. The van der Waals surface area contributed by atoms with Crippen molar-refractivity contribution in [2.45, 2.75) is 13.0 Å². The lowest BCUT2D eigenvalue weighted by molar-refractivity contribution is 0.520. The molecule has 0 amide bonds. The first-order valence-electron chi connectivity index (χ1n) is 6.01. The van der Waals surface area contributed by atoms with Crippen LogP contribution in [0.1, 0.15) is 23.1 Å². The minimum Gasteiger partial charge on any atom is -0.457 e. The van der Waals surface area contributed by atoms with Crippen LogP contribution >= 0.6 is 11.6 Å². The van der Waals surface area contributed by atoms with Crippen molar-refractivity contribution in [1.82, 2.24) is 4.98 Å². The Kier molecular flexibility index (Phi) is 3.01. The first-order valence-corrected chi connectivity index (χ1v) is 6.39. The highest BCUT2D eigenvalue weighted by molar-refractivity contribution is 6.34. The SMILES string of the molecule is Cc1ccnc(C(N)c2cc3cccc(Cl)c3o2)c1. The minimum absolute atomic E-state index is 0.386. The van der Waals surface area contributed by atoms with Crippen LogP contribution in [0, 0.1) is 6.92 Å². The van der Waals surface area contributed by atoms with Crippen LogP contribution in [0.3, 0.4) is 0 Å². The molecule has 3 aromatic rings. The number of rotatable bonds is 2. The molecule has 0 aliphatic rings. The Morgan fingerprint density at radius 2 is 2.11 bits per heavy atom. The number of para-hydroxylation sites is 1. The molecule has 0 fully saturated rings. The molecule has 0 bridgehead atoms. The minimum atomic E-state index is -0.386. The van der Waals surface area contributed by atoms with Gasteiger partial charge < -0.3 is 10.2 Å². The summed E-state index contributed by atoms with van der Waals surface area (Å²) < 4.78 is 5.76. The summed E-state index contributed by atoms with van der Waals surface area (Å²) in [6.07, 6.45) is 1.75. The summed E-state index contributed by atoms with van der Waals surface area (Å²) >= 11 is 6.10. The zero-order valence-corrected chi connectivity index (χ0v) is 11.2. The molecule has 3 nitrogen and oxygen atoms in total. The molecule has 1 atom stereocenters. The van der Waals surface area contributed by atoms with Crippen molar-refractivity contribution < 1.29 is 4.42 Å². The number of aryl methyl sites for hydroxylation is 1. The second kappa shape index (κ2) is 4.68. The van der Waals surface area contributed by atoms with Crippen molar-refractivity contribution in [3.63, 3.8) is 0 Å². The average Bonchev–Trinajstić information content (AvgIpc) is 2.83. The molecule has 0 aliphatic carbocycles. The van der Waals surface area contributed by atoms with Crippen molar-refractivity contribution in [3.8, 4) is 0 Å². The van der Waals surface area contributed by atoms with Crippen molar-refractivity contribution in [2.24, 2.45) is 5.73 Å². The van der Waals surface area contributed by atoms with Crippen LogP contribution in [0.5, 0.6) is 0 Å². The lowest BCUT2D eigenvalue weighted by Crippen LogP contribution is -2.12. The Balaban J connectivity index is 2.06. The number of halogens is 1. The number of nitrogens with two attached hydrogens (primary N) is 1. The van der Waals surface area contributed by atoms with Crippen molar-refractivity contribution in [3.05, 3.63) is 64.6 Å². The van der Waals surface area contributed by atoms with Gasteiger partial charge in [0.05, 0.1) is 10.7 Å². The van der Waals surface area contributed by atoms with Crippen LogP contribution in [0.15, 0.2) is 47.0 Å². The molecule has 1 unspecified atom stereocenters. The fourth-order valence-corrected chi connectivity index (χ4v) is 2.30. The number of pyridine rings is 1. The Morgan fingerprint density at radius 3 is 2.84 bits per heavy atom. The van der Waals surface area contributed by atoms with Gasteiger partial charge in [-0.1, -0.05) is 23.7 Å². The van der Waals surface area contributed by atoms with Crippen LogP contribution in [0.2, 0.25) is 5.02 Å². The number of furan rings is 1. The maximum Gasteiger partial charge on any atom is 0.152 e.